The van der Waals surface area contributed by atoms with Gasteiger partial charge in [-0.25, -0.2) is 0 Å². The lowest BCUT2D eigenvalue weighted by molar-refractivity contribution is -0.123. The number of rotatable bonds is 5. The highest BCUT2D eigenvalue weighted by Gasteiger charge is 2.19. The van der Waals surface area contributed by atoms with Crippen LogP contribution in [0.15, 0.2) is 24.3 Å². The van der Waals surface area contributed by atoms with E-state index in [1.807, 2.05) is 18.2 Å². The van der Waals surface area contributed by atoms with E-state index in [1.54, 1.807) is 6.07 Å². The SMILES string of the molecule is CC1CCC(OCC(=O)Nc2cccc(C(N)=S)c2)CC1. The van der Waals surface area contributed by atoms with Gasteiger partial charge in [0.2, 0.25) is 5.91 Å². The predicted octanol–water partition coefficient (Wildman–Crippen LogP) is 2.85. The molecule has 21 heavy (non-hydrogen) atoms. The minimum atomic E-state index is -0.145. The van der Waals surface area contributed by atoms with Crippen LogP contribution in [0.1, 0.15) is 38.2 Å². The Bertz CT molecular complexity index is 511. The molecule has 1 fully saturated rings. The fourth-order valence-electron chi connectivity index (χ4n) is 2.54. The van der Waals surface area contributed by atoms with Gasteiger partial charge in [-0.1, -0.05) is 31.3 Å². The number of ether oxygens (including phenoxy) is 1. The van der Waals surface area contributed by atoms with Crippen LogP contribution in [0.4, 0.5) is 5.69 Å². The van der Waals surface area contributed by atoms with Gasteiger partial charge in [0.15, 0.2) is 0 Å². The van der Waals surface area contributed by atoms with Crippen LogP contribution in [-0.2, 0) is 9.53 Å². The largest absolute Gasteiger partial charge is 0.389 e. The summed E-state index contributed by atoms with van der Waals surface area (Å²) in [7, 11) is 0. The number of nitrogens with two attached hydrogens (primary N) is 1. The van der Waals surface area contributed by atoms with Crippen molar-refractivity contribution in [1.82, 2.24) is 0 Å². The maximum absolute atomic E-state index is 11.9. The zero-order valence-corrected chi connectivity index (χ0v) is 13.1. The summed E-state index contributed by atoms with van der Waals surface area (Å²) in [5.74, 6) is 0.634. The van der Waals surface area contributed by atoms with E-state index in [-0.39, 0.29) is 18.6 Å². The molecule has 1 saturated carbocycles. The molecule has 1 aliphatic rings. The molecule has 0 aromatic heterocycles. The van der Waals surface area contributed by atoms with Gasteiger partial charge in [0.05, 0.1) is 6.10 Å². The van der Waals surface area contributed by atoms with E-state index in [0.29, 0.717) is 10.7 Å². The van der Waals surface area contributed by atoms with Crippen LogP contribution in [0.5, 0.6) is 0 Å². The molecule has 4 nitrogen and oxygen atoms in total. The maximum Gasteiger partial charge on any atom is 0.250 e. The van der Waals surface area contributed by atoms with Crippen molar-refractivity contribution in [2.45, 2.75) is 38.7 Å². The minimum absolute atomic E-state index is 0.0936. The first-order valence-electron chi connectivity index (χ1n) is 7.36. The van der Waals surface area contributed by atoms with Gasteiger partial charge in [0.1, 0.15) is 11.6 Å². The summed E-state index contributed by atoms with van der Waals surface area (Å²) < 4.78 is 5.68. The monoisotopic (exact) mass is 306 g/mol. The molecule has 0 atom stereocenters. The highest BCUT2D eigenvalue weighted by Crippen LogP contribution is 2.25. The minimum Gasteiger partial charge on any atom is -0.389 e. The van der Waals surface area contributed by atoms with Crippen LogP contribution < -0.4 is 11.1 Å². The molecule has 114 valence electrons. The fourth-order valence-corrected chi connectivity index (χ4v) is 2.66. The van der Waals surface area contributed by atoms with Gasteiger partial charge in [-0.3, -0.25) is 4.79 Å². The van der Waals surface area contributed by atoms with E-state index in [9.17, 15) is 4.79 Å². The molecule has 0 radical (unpaired) electrons. The Morgan fingerprint density at radius 2 is 2.10 bits per heavy atom. The Kier molecular flexibility index (Phi) is 5.70. The van der Waals surface area contributed by atoms with Crippen molar-refractivity contribution >= 4 is 28.8 Å². The van der Waals surface area contributed by atoms with Crippen LogP contribution in [-0.4, -0.2) is 23.6 Å². The summed E-state index contributed by atoms with van der Waals surface area (Å²) in [6.07, 6.45) is 4.68. The van der Waals surface area contributed by atoms with Gasteiger partial charge in [-0.15, -0.1) is 0 Å². The number of anilines is 1. The second-order valence-electron chi connectivity index (χ2n) is 5.69. The van der Waals surface area contributed by atoms with Gasteiger partial charge in [-0.2, -0.15) is 0 Å². The summed E-state index contributed by atoms with van der Waals surface area (Å²) in [6, 6.07) is 7.20. The summed E-state index contributed by atoms with van der Waals surface area (Å²) >= 11 is 4.92. The standard InChI is InChI=1S/C16H22N2O2S/c1-11-5-7-14(8-6-11)20-10-15(19)18-13-4-2-3-12(9-13)16(17)21/h2-4,9,11,14H,5-8,10H2,1H3,(H2,17,21)(H,18,19). The number of benzene rings is 1. The van der Waals surface area contributed by atoms with Gasteiger partial charge in [0.25, 0.3) is 0 Å². The Morgan fingerprint density at radius 3 is 2.76 bits per heavy atom. The summed E-state index contributed by atoms with van der Waals surface area (Å²) in [6.45, 7) is 2.36. The van der Waals surface area contributed by atoms with Crippen molar-refractivity contribution in [3.8, 4) is 0 Å². The summed E-state index contributed by atoms with van der Waals surface area (Å²) in [5.41, 5.74) is 7.00. The normalized spacial score (nSPS) is 21.8. The molecule has 0 bridgehead atoms. The lowest BCUT2D eigenvalue weighted by atomic mass is 9.89. The number of hydrogen-bond donors (Lipinski definition) is 2. The van der Waals surface area contributed by atoms with Crippen LogP contribution in [0.25, 0.3) is 0 Å². The van der Waals surface area contributed by atoms with Crippen molar-refractivity contribution in [2.24, 2.45) is 11.7 Å². The number of carbonyl (C=O) groups excluding carboxylic acids is 1. The van der Waals surface area contributed by atoms with Crippen LogP contribution in [0.3, 0.4) is 0 Å². The van der Waals surface area contributed by atoms with E-state index in [1.165, 1.54) is 12.8 Å². The fraction of sp³-hybridized carbons (Fsp3) is 0.500. The Morgan fingerprint density at radius 1 is 1.38 bits per heavy atom. The molecule has 0 heterocycles. The third kappa shape index (κ3) is 5.10. The molecule has 5 heteroatoms. The number of thiocarbonyl (C=S) groups is 1. The van der Waals surface area contributed by atoms with E-state index in [4.69, 9.17) is 22.7 Å². The molecule has 1 aromatic rings. The zero-order valence-electron chi connectivity index (χ0n) is 12.3. The quantitative estimate of drug-likeness (QED) is 0.821. The smallest absolute Gasteiger partial charge is 0.250 e. The van der Waals surface area contributed by atoms with Gasteiger partial charge >= 0.3 is 0 Å². The maximum atomic E-state index is 11.9. The van der Waals surface area contributed by atoms with Crippen LogP contribution in [0, 0.1) is 5.92 Å². The first kappa shape index (κ1) is 15.9. The molecule has 0 saturated heterocycles. The number of hydrogen-bond acceptors (Lipinski definition) is 3. The average Bonchev–Trinajstić information content (AvgIpc) is 2.47. The van der Waals surface area contributed by atoms with Crippen molar-refractivity contribution in [1.29, 1.82) is 0 Å². The molecule has 0 spiro atoms. The highest BCUT2D eigenvalue weighted by molar-refractivity contribution is 7.80. The Labute approximate surface area is 131 Å². The molecule has 1 amide bonds. The first-order chi connectivity index (χ1) is 10.0. The molecular weight excluding hydrogens is 284 g/mol. The Balaban J connectivity index is 1.79. The molecular formula is C16H22N2O2S. The summed E-state index contributed by atoms with van der Waals surface area (Å²) in [4.78, 5) is 12.2. The lowest BCUT2D eigenvalue weighted by Crippen LogP contribution is -2.26. The van der Waals surface area contributed by atoms with Crippen molar-refractivity contribution in [3.63, 3.8) is 0 Å². The summed E-state index contributed by atoms with van der Waals surface area (Å²) in [5, 5.41) is 2.81. The third-order valence-electron chi connectivity index (χ3n) is 3.84. The van der Waals surface area contributed by atoms with Gasteiger partial charge in [-0.05, 0) is 43.7 Å². The molecule has 1 aromatic carbocycles. The second kappa shape index (κ2) is 7.52. The second-order valence-corrected chi connectivity index (χ2v) is 6.13. The number of nitrogens with one attached hydrogen (secondary N) is 1. The molecule has 1 aliphatic carbocycles. The predicted molar refractivity (Wildman–Crippen MR) is 88.3 cm³/mol. The topological polar surface area (TPSA) is 64.3 Å². The van der Waals surface area contributed by atoms with E-state index < -0.39 is 0 Å². The van der Waals surface area contributed by atoms with Crippen LogP contribution in [0.2, 0.25) is 0 Å². The van der Waals surface area contributed by atoms with E-state index in [2.05, 4.69) is 12.2 Å². The molecule has 0 aliphatic heterocycles. The van der Waals surface area contributed by atoms with E-state index >= 15 is 0 Å². The van der Waals surface area contributed by atoms with Crippen molar-refractivity contribution in [2.75, 3.05) is 11.9 Å². The van der Waals surface area contributed by atoms with Crippen molar-refractivity contribution < 1.29 is 9.53 Å². The molecule has 0 unspecified atom stereocenters. The van der Waals surface area contributed by atoms with E-state index in [0.717, 1.165) is 24.3 Å². The zero-order chi connectivity index (χ0) is 15.2. The average molecular weight is 306 g/mol. The number of carbonyl (C=O) groups is 1. The third-order valence-corrected chi connectivity index (χ3v) is 4.08. The highest BCUT2D eigenvalue weighted by atomic mass is 32.1. The number of amides is 1. The Hall–Kier alpha value is -1.46. The molecule has 2 rings (SSSR count). The lowest BCUT2D eigenvalue weighted by Gasteiger charge is -2.25. The molecule has 3 N–H and O–H groups in total. The first-order valence-corrected chi connectivity index (χ1v) is 7.76. The van der Waals surface area contributed by atoms with Crippen molar-refractivity contribution in [3.05, 3.63) is 29.8 Å². The van der Waals surface area contributed by atoms with Gasteiger partial charge in [0, 0.05) is 11.3 Å². The van der Waals surface area contributed by atoms with Crippen LogP contribution >= 0.6 is 12.2 Å². The van der Waals surface area contributed by atoms with Gasteiger partial charge < -0.3 is 15.8 Å².